The van der Waals surface area contributed by atoms with Crippen LogP contribution in [0, 0.1) is 0 Å². The summed E-state index contributed by atoms with van der Waals surface area (Å²) in [7, 11) is 1.68. The van der Waals surface area contributed by atoms with Crippen LogP contribution in [0.1, 0.15) is 45.7 Å². The summed E-state index contributed by atoms with van der Waals surface area (Å²) < 4.78 is 18.7. The lowest BCUT2D eigenvalue weighted by molar-refractivity contribution is -0.119. The Morgan fingerprint density at radius 1 is 1.23 bits per heavy atom. The van der Waals surface area contributed by atoms with Gasteiger partial charge >= 0.3 is 0 Å². The molecule has 1 aromatic heterocycles. The van der Waals surface area contributed by atoms with Gasteiger partial charge in [-0.05, 0) is 63.5 Å². The molecule has 2 fully saturated rings. The number of benzene rings is 1. The van der Waals surface area contributed by atoms with E-state index >= 15 is 0 Å². The molecular weight excluding hydrogens is 442 g/mol. The second kappa shape index (κ2) is 11.0. The van der Waals surface area contributed by atoms with Gasteiger partial charge in [-0.1, -0.05) is 18.6 Å². The normalized spacial score (nSPS) is 21.0. The van der Waals surface area contributed by atoms with Crippen molar-refractivity contribution >= 4 is 12.1 Å². The first-order valence-electron chi connectivity index (χ1n) is 12.4. The number of piperidine rings is 1. The monoisotopic (exact) mass is 479 g/mol. The number of aromatic nitrogens is 1. The molecule has 2 aromatic rings. The number of amides is 1. The zero-order chi connectivity index (χ0) is 24.8. The number of likely N-dealkylation sites (tertiary alicyclic amines) is 1. The first-order chi connectivity index (χ1) is 17.0. The fourth-order valence-electron chi connectivity index (χ4n) is 4.90. The molecule has 1 amide bonds. The van der Waals surface area contributed by atoms with Gasteiger partial charge < -0.3 is 29.0 Å². The van der Waals surface area contributed by atoms with Crippen LogP contribution in [0.2, 0.25) is 0 Å². The number of rotatable bonds is 4. The lowest BCUT2D eigenvalue weighted by Gasteiger charge is -2.45. The maximum absolute atomic E-state index is 11.0. The largest absolute Gasteiger partial charge is 0.497 e. The van der Waals surface area contributed by atoms with Gasteiger partial charge in [0.25, 0.3) is 0 Å². The molecule has 3 aliphatic rings. The number of nitrogens with one attached hydrogen (secondary N) is 1. The number of carbonyl (C=O) groups is 1. The SMILES string of the molecule is CCC1OCCO/C1=C/C=C(C)C.COc1ccc2c(c1)NC1(CCN(C=O)CC1)c1cccn1-2. The number of ether oxygens (including phenoxy) is 3. The van der Waals surface area contributed by atoms with E-state index in [2.05, 4.69) is 61.1 Å². The van der Waals surface area contributed by atoms with Gasteiger partial charge in [-0.2, -0.15) is 0 Å². The lowest BCUT2D eigenvalue weighted by atomic mass is 9.82. The van der Waals surface area contributed by atoms with Crippen LogP contribution < -0.4 is 10.1 Å². The molecule has 188 valence electrons. The molecule has 1 unspecified atom stereocenters. The second-order valence-corrected chi connectivity index (χ2v) is 9.42. The van der Waals surface area contributed by atoms with Crippen LogP contribution in [0.4, 0.5) is 5.69 Å². The molecule has 1 spiro atoms. The van der Waals surface area contributed by atoms with E-state index in [1.807, 2.05) is 23.1 Å². The van der Waals surface area contributed by atoms with Crippen molar-refractivity contribution in [3.05, 3.63) is 65.7 Å². The highest BCUT2D eigenvalue weighted by Crippen LogP contribution is 2.44. The van der Waals surface area contributed by atoms with Crippen LogP contribution in [-0.4, -0.2) is 55.4 Å². The molecule has 0 radical (unpaired) electrons. The summed E-state index contributed by atoms with van der Waals surface area (Å²) >= 11 is 0. The van der Waals surface area contributed by atoms with E-state index in [4.69, 9.17) is 14.2 Å². The van der Waals surface area contributed by atoms with Gasteiger partial charge in [0, 0.05) is 31.0 Å². The molecule has 4 heterocycles. The van der Waals surface area contributed by atoms with Crippen molar-refractivity contribution in [1.82, 2.24) is 9.47 Å². The van der Waals surface area contributed by atoms with Gasteiger partial charge in [0.1, 0.15) is 24.2 Å². The summed E-state index contributed by atoms with van der Waals surface area (Å²) in [6.07, 6.45) is 10.1. The molecule has 1 aromatic carbocycles. The molecular formula is C28H37N3O4. The standard InChI is InChI=1S/C17H19N3O2.C11H18O2/c1-22-13-4-5-15-14(11-13)18-17(16-3-2-8-20(15)16)6-9-19(12-21)10-7-17;1-4-10-11(6-5-9(2)3)13-8-7-12-10/h2-5,8,11-12,18H,6-7,9-10H2,1H3;5-6,10H,4,7-8H2,1-3H3/b;11-6+. The van der Waals surface area contributed by atoms with E-state index in [1.54, 1.807) is 7.11 Å². The number of nitrogens with zero attached hydrogens (tertiary/aromatic N) is 2. The molecule has 5 rings (SSSR count). The van der Waals surface area contributed by atoms with Gasteiger partial charge in [0.05, 0.1) is 30.6 Å². The smallest absolute Gasteiger partial charge is 0.209 e. The van der Waals surface area contributed by atoms with Gasteiger partial charge in [-0.3, -0.25) is 4.79 Å². The molecule has 1 N–H and O–H groups in total. The quantitative estimate of drug-likeness (QED) is 0.624. The highest BCUT2D eigenvalue weighted by atomic mass is 16.6. The minimum absolute atomic E-state index is 0.109. The van der Waals surface area contributed by atoms with E-state index in [1.165, 1.54) is 11.3 Å². The van der Waals surface area contributed by atoms with Crippen LogP contribution in [0.5, 0.6) is 5.75 Å². The Morgan fingerprint density at radius 3 is 2.71 bits per heavy atom. The van der Waals surface area contributed by atoms with Gasteiger partial charge in [0.15, 0.2) is 0 Å². The fraction of sp³-hybridized carbons (Fsp3) is 0.464. The third kappa shape index (κ3) is 5.40. The Morgan fingerprint density at radius 2 is 2.03 bits per heavy atom. The Balaban J connectivity index is 0.000000191. The van der Waals surface area contributed by atoms with Crippen LogP contribution in [0.15, 0.2) is 60.0 Å². The molecule has 0 saturated carbocycles. The van der Waals surface area contributed by atoms with Crippen LogP contribution in [-0.2, 0) is 19.8 Å². The minimum Gasteiger partial charge on any atom is -0.497 e. The summed E-state index contributed by atoms with van der Waals surface area (Å²) in [5.74, 6) is 1.82. The van der Waals surface area contributed by atoms with Crippen molar-refractivity contribution in [2.75, 3.05) is 38.7 Å². The maximum Gasteiger partial charge on any atom is 0.209 e. The molecule has 7 nitrogen and oxygen atoms in total. The molecule has 35 heavy (non-hydrogen) atoms. The van der Waals surface area contributed by atoms with Crippen LogP contribution in [0.3, 0.4) is 0 Å². The van der Waals surface area contributed by atoms with Crippen molar-refractivity contribution in [2.45, 2.75) is 51.7 Å². The Bertz CT molecular complexity index is 1080. The van der Waals surface area contributed by atoms with Crippen molar-refractivity contribution in [3.8, 4) is 11.4 Å². The summed E-state index contributed by atoms with van der Waals surface area (Å²) in [5.41, 5.74) is 4.67. The van der Waals surface area contributed by atoms with Crippen molar-refractivity contribution < 1.29 is 19.0 Å². The summed E-state index contributed by atoms with van der Waals surface area (Å²) in [4.78, 5) is 12.8. The number of anilines is 1. The summed E-state index contributed by atoms with van der Waals surface area (Å²) in [6.45, 7) is 9.20. The first-order valence-corrected chi connectivity index (χ1v) is 12.4. The molecule has 2 saturated heterocycles. The van der Waals surface area contributed by atoms with Gasteiger partial charge in [-0.25, -0.2) is 0 Å². The number of hydrogen-bond donors (Lipinski definition) is 1. The predicted molar refractivity (Wildman–Crippen MR) is 138 cm³/mol. The van der Waals surface area contributed by atoms with E-state index in [-0.39, 0.29) is 11.6 Å². The summed E-state index contributed by atoms with van der Waals surface area (Å²) in [6, 6.07) is 10.4. The Labute approximate surface area is 208 Å². The number of methoxy groups -OCH3 is 1. The number of fused-ring (bicyclic) bond motifs is 4. The average molecular weight is 480 g/mol. The topological polar surface area (TPSA) is 65.0 Å². The molecule has 0 bridgehead atoms. The Hall–Kier alpha value is -3.19. The first kappa shape index (κ1) is 24.9. The molecule has 1 atom stereocenters. The zero-order valence-electron chi connectivity index (χ0n) is 21.3. The van der Waals surface area contributed by atoms with Crippen LogP contribution >= 0.6 is 0 Å². The van der Waals surface area contributed by atoms with Crippen molar-refractivity contribution in [1.29, 1.82) is 0 Å². The number of allylic oxidation sites excluding steroid dienone is 3. The highest BCUT2D eigenvalue weighted by molar-refractivity contribution is 5.69. The van der Waals surface area contributed by atoms with E-state index < -0.39 is 0 Å². The van der Waals surface area contributed by atoms with Crippen LogP contribution in [0.25, 0.3) is 5.69 Å². The van der Waals surface area contributed by atoms with Crippen molar-refractivity contribution in [3.63, 3.8) is 0 Å². The molecule has 0 aliphatic carbocycles. The number of hydrogen-bond acceptors (Lipinski definition) is 5. The fourth-order valence-corrected chi connectivity index (χ4v) is 4.90. The summed E-state index contributed by atoms with van der Waals surface area (Å²) in [5, 5.41) is 3.73. The zero-order valence-corrected chi connectivity index (χ0v) is 21.3. The molecule has 3 aliphatic heterocycles. The van der Waals surface area contributed by atoms with E-state index in [0.29, 0.717) is 13.2 Å². The molecule has 7 heteroatoms. The maximum atomic E-state index is 11.0. The van der Waals surface area contributed by atoms with Gasteiger partial charge in [0.2, 0.25) is 6.41 Å². The van der Waals surface area contributed by atoms with Gasteiger partial charge in [-0.15, -0.1) is 0 Å². The third-order valence-electron chi connectivity index (χ3n) is 6.82. The predicted octanol–water partition coefficient (Wildman–Crippen LogP) is 5.02. The average Bonchev–Trinajstić information content (AvgIpc) is 3.39. The number of carbonyl (C=O) groups excluding carboxylic acids is 1. The van der Waals surface area contributed by atoms with E-state index in [0.717, 1.165) is 61.6 Å². The lowest BCUT2D eigenvalue weighted by Crippen LogP contribution is -2.49. The Kier molecular flexibility index (Phi) is 7.86. The minimum atomic E-state index is -0.109. The van der Waals surface area contributed by atoms with E-state index in [9.17, 15) is 4.79 Å². The third-order valence-corrected chi connectivity index (χ3v) is 6.82. The highest BCUT2D eigenvalue weighted by Gasteiger charge is 2.41. The second-order valence-electron chi connectivity index (χ2n) is 9.42. The van der Waals surface area contributed by atoms with Crippen molar-refractivity contribution in [2.24, 2.45) is 0 Å².